The van der Waals surface area contributed by atoms with E-state index in [-0.39, 0.29) is 18.2 Å². The summed E-state index contributed by atoms with van der Waals surface area (Å²) in [5.74, 6) is 0.0653. The van der Waals surface area contributed by atoms with Crippen LogP contribution in [0.5, 0.6) is 0 Å². The van der Waals surface area contributed by atoms with E-state index in [1.165, 1.54) is 0 Å². The summed E-state index contributed by atoms with van der Waals surface area (Å²) >= 11 is 0. The third-order valence-electron chi connectivity index (χ3n) is 2.59. The van der Waals surface area contributed by atoms with Gasteiger partial charge in [-0.3, -0.25) is 10.1 Å². The molecule has 1 aromatic carbocycles. The molecule has 2 aromatic rings. The molecule has 0 aliphatic heterocycles. The minimum absolute atomic E-state index is 0. The Morgan fingerprint density at radius 2 is 2.11 bits per heavy atom. The van der Waals surface area contributed by atoms with Crippen LogP contribution in [0, 0.1) is 5.41 Å². The van der Waals surface area contributed by atoms with E-state index in [1.54, 1.807) is 10.9 Å². The van der Waals surface area contributed by atoms with Gasteiger partial charge in [-0.15, -0.1) is 12.4 Å². The summed E-state index contributed by atoms with van der Waals surface area (Å²) in [6.45, 7) is 0.935. The first-order chi connectivity index (χ1) is 8.66. The lowest BCUT2D eigenvalue weighted by Gasteiger charge is -2.08. The van der Waals surface area contributed by atoms with Crippen LogP contribution in [0.4, 0.5) is 0 Å². The van der Waals surface area contributed by atoms with Crippen LogP contribution in [0.1, 0.15) is 16.7 Å². The summed E-state index contributed by atoms with van der Waals surface area (Å²) in [6.07, 6.45) is 3.69. The Morgan fingerprint density at radius 1 is 1.37 bits per heavy atom. The molecule has 6 heteroatoms. The summed E-state index contributed by atoms with van der Waals surface area (Å²) in [4.78, 5) is 0. The van der Waals surface area contributed by atoms with Crippen molar-refractivity contribution < 1.29 is 4.74 Å². The van der Waals surface area contributed by atoms with Crippen molar-refractivity contribution in [2.45, 2.75) is 13.2 Å². The molecule has 0 spiro atoms. The molecule has 0 fully saturated rings. The van der Waals surface area contributed by atoms with Crippen LogP contribution in [0.15, 0.2) is 36.7 Å². The van der Waals surface area contributed by atoms with Gasteiger partial charge in [0.1, 0.15) is 5.84 Å². The zero-order chi connectivity index (χ0) is 13.0. The summed E-state index contributed by atoms with van der Waals surface area (Å²) < 4.78 is 7.34. The van der Waals surface area contributed by atoms with Gasteiger partial charge >= 0.3 is 0 Å². The molecular weight excluding hydrogens is 264 g/mol. The van der Waals surface area contributed by atoms with E-state index in [4.69, 9.17) is 15.9 Å². The minimum Gasteiger partial charge on any atom is -0.384 e. The van der Waals surface area contributed by atoms with Crippen LogP contribution in [-0.2, 0) is 25.0 Å². The second kappa shape index (κ2) is 6.92. The monoisotopic (exact) mass is 280 g/mol. The molecule has 5 nitrogen and oxygen atoms in total. The fourth-order valence-corrected chi connectivity index (χ4v) is 1.73. The zero-order valence-corrected chi connectivity index (χ0v) is 11.5. The maximum atomic E-state index is 7.49. The van der Waals surface area contributed by atoms with Gasteiger partial charge in [0.15, 0.2) is 0 Å². The van der Waals surface area contributed by atoms with Gasteiger partial charge in [-0.1, -0.05) is 24.3 Å². The van der Waals surface area contributed by atoms with Gasteiger partial charge in [0.05, 0.1) is 19.4 Å². The third kappa shape index (κ3) is 4.08. The van der Waals surface area contributed by atoms with Crippen molar-refractivity contribution in [2.24, 2.45) is 12.8 Å². The van der Waals surface area contributed by atoms with Crippen molar-refractivity contribution in [3.05, 3.63) is 53.3 Å². The quantitative estimate of drug-likeness (QED) is 0.648. The summed E-state index contributed by atoms with van der Waals surface area (Å²) in [5.41, 5.74) is 8.19. The molecule has 102 valence electrons. The van der Waals surface area contributed by atoms with Gasteiger partial charge in [0, 0.05) is 24.4 Å². The molecule has 2 rings (SSSR count). The molecule has 19 heavy (non-hydrogen) atoms. The first-order valence-corrected chi connectivity index (χ1v) is 5.64. The van der Waals surface area contributed by atoms with E-state index in [9.17, 15) is 0 Å². The molecule has 0 unspecified atom stereocenters. The van der Waals surface area contributed by atoms with Crippen LogP contribution < -0.4 is 5.73 Å². The third-order valence-corrected chi connectivity index (χ3v) is 2.59. The maximum absolute atomic E-state index is 7.49. The summed E-state index contributed by atoms with van der Waals surface area (Å²) in [7, 11) is 1.87. The Balaban J connectivity index is 0.00000180. The van der Waals surface area contributed by atoms with E-state index in [2.05, 4.69) is 5.10 Å². The molecule has 3 N–H and O–H groups in total. The van der Waals surface area contributed by atoms with E-state index >= 15 is 0 Å². The predicted octanol–water partition coefficient (Wildman–Crippen LogP) is 1.84. The van der Waals surface area contributed by atoms with Crippen molar-refractivity contribution >= 4 is 18.2 Å². The first kappa shape index (κ1) is 15.2. The molecule has 0 atom stereocenters. The number of rotatable bonds is 5. The molecule has 1 aromatic heterocycles. The molecule has 0 amide bonds. The number of aromatic nitrogens is 2. The van der Waals surface area contributed by atoms with Crippen molar-refractivity contribution in [2.75, 3.05) is 0 Å². The average Bonchev–Trinajstić information content (AvgIpc) is 2.75. The van der Waals surface area contributed by atoms with E-state index < -0.39 is 0 Å². The Morgan fingerprint density at radius 3 is 2.74 bits per heavy atom. The average molecular weight is 281 g/mol. The number of nitrogens with zero attached hydrogens (tertiary/aromatic N) is 2. The number of hydrogen-bond acceptors (Lipinski definition) is 3. The highest BCUT2D eigenvalue weighted by molar-refractivity contribution is 5.96. The van der Waals surface area contributed by atoms with Gasteiger partial charge in [0.25, 0.3) is 0 Å². The summed E-state index contributed by atoms with van der Waals surface area (Å²) in [6, 6.07) is 7.52. The van der Waals surface area contributed by atoms with Gasteiger partial charge < -0.3 is 10.5 Å². The molecule has 1 heterocycles. The standard InChI is InChI=1S/C13H16N4O.ClH/c1-17-7-10(6-16-17)8-18-9-11-4-2-3-5-12(11)13(14)15;/h2-7H,8-9H2,1H3,(H3,14,15);1H. The smallest absolute Gasteiger partial charge is 0.123 e. The summed E-state index contributed by atoms with van der Waals surface area (Å²) in [5, 5.41) is 11.6. The Bertz CT molecular complexity index is 553. The lowest BCUT2D eigenvalue weighted by molar-refractivity contribution is 0.107. The molecule has 0 radical (unpaired) electrons. The SMILES string of the molecule is Cl.Cn1cc(COCc2ccccc2C(=N)N)cn1. The number of hydrogen-bond donors (Lipinski definition) is 2. The van der Waals surface area contributed by atoms with Crippen molar-refractivity contribution in [3.8, 4) is 0 Å². The molecular formula is C13H17ClN4O. The number of amidine groups is 1. The van der Waals surface area contributed by atoms with Crippen LogP contribution in [0.2, 0.25) is 0 Å². The number of benzene rings is 1. The lowest BCUT2D eigenvalue weighted by Crippen LogP contribution is -2.14. The number of halogens is 1. The minimum atomic E-state index is 0. The van der Waals surface area contributed by atoms with E-state index in [0.29, 0.717) is 13.2 Å². The Hall–Kier alpha value is -1.85. The van der Waals surface area contributed by atoms with E-state index in [1.807, 2.05) is 37.5 Å². The van der Waals surface area contributed by atoms with Crippen LogP contribution in [0.25, 0.3) is 0 Å². The zero-order valence-electron chi connectivity index (χ0n) is 10.7. The number of ether oxygens (including phenoxy) is 1. The fraction of sp³-hybridized carbons (Fsp3) is 0.231. The highest BCUT2D eigenvalue weighted by Crippen LogP contribution is 2.10. The topological polar surface area (TPSA) is 76.9 Å². The number of nitrogens with two attached hydrogens (primary N) is 1. The largest absolute Gasteiger partial charge is 0.384 e. The normalized spacial score (nSPS) is 9.95. The maximum Gasteiger partial charge on any atom is 0.123 e. The van der Waals surface area contributed by atoms with E-state index in [0.717, 1.165) is 16.7 Å². The van der Waals surface area contributed by atoms with Crippen molar-refractivity contribution in [3.63, 3.8) is 0 Å². The van der Waals surface area contributed by atoms with Gasteiger partial charge in [-0.25, -0.2) is 0 Å². The van der Waals surface area contributed by atoms with Gasteiger partial charge in [-0.05, 0) is 5.56 Å². The van der Waals surface area contributed by atoms with Crippen molar-refractivity contribution in [1.29, 1.82) is 5.41 Å². The second-order valence-electron chi connectivity index (χ2n) is 4.09. The van der Waals surface area contributed by atoms with Crippen LogP contribution >= 0.6 is 12.4 Å². The number of nitrogens with one attached hydrogen (secondary N) is 1. The highest BCUT2D eigenvalue weighted by atomic mass is 35.5. The van der Waals surface area contributed by atoms with Gasteiger partial charge in [0.2, 0.25) is 0 Å². The fourth-order valence-electron chi connectivity index (χ4n) is 1.73. The molecule has 0 aliphatic carbocycles. The number of aryl methyl sites for hydroxylation is 1. The predicted molar refractivity (Wildman–Crippen MR) is 76.4 cm³/mol. The van der Waals surface area contributed by atoms with Crippen molar-refractivity contribution in [1.82, 2.24) is 9.78 Å². The van der Waals surface area contributed by atoms with Gasteiger partial charge in [-0.2, -0.15) is 5.10 Å². The lowest BCUT2D eigenvalue weighted by atomic mass is 10.1. The first-order valence-electron chi connectivity index (χ1n) is 5.64. The number of nitrogen functional groups attached to an aromatic ring is 1. The Labute approximate surface area is 118 Å². The molecule has 0 bridgehead atoms. The molecule has 0 aliphatic rings. The van der Waals surface area contributed by atoms with Crippen LogP contribution in [0.3, 0.4) is 0 Å². The van der Waals surface area contributed by atoms with Crippen LogP contribution in [-0.4, -0.2) is 15.6 Å². The highest BCUT2D eigenvalue weighted by Gasteiger charge is 2.04. The molecule has 0 saturated heterocycles. The molecule has 0 saturated carbocycles. The Kier molecular flexibility index (Phi) is 5.54. The second-order valence-corrected chi connectivity index (χ2v) is 4.09.